The average Bonchev–Trinajstić information content (AvgIpc) is 3.22. The van der Waals surface area contributed by atoms with E-state index in [0.29, 0.717) is 31.7 Å². The number of carbonyl (C=O) groups excluding carboxylic acids is 2. The second-order valence-corrected chi connectivity index (χ2v) is 8.42. The van der Waals surface area contributed by atoms with E-state index in [9.17, 15) is 18.8 Å². The third-order valence-corrected chi connectivity index (χ3v) is 6.60. The van der Waals surface area contributed by atoms with E-state index >= 15 is 0 Å². The predicted molar refractivity (Wildman–Crippen MR) is 113 cm³/mol. The molecule has 1 aromatic carbocycles. The molecule has 1 N–H and O–H groups in total. The van der Waals surface area contributed by atoms with Crippen LogP contribution < -0.4 is 15.5 Å². The summed E-state index contributed by atoms with van der Waals surface area (Å²) in [7, 11) is 1.30. The van der Waals surface area contributed by atoms with Gasteiger partial charge in [0, 0.05) is 24.3 Å². The van der Waals surface area contributed by atoms with Crippen LogP contribution >= 0.6 is 11.6 Å². The fraction of sp³-hybridized carbons (Fsp3) is 0.409. The smallest absolute Gasteiger partial charge is 0.276 e. The molecule has 0 spiro atoms. The lowest BCUT2D eigenvalue weighted by Gasteiger charge is -2.44. The Bertz CT molecular complexity index is 1200. The summed E-state index contributed by atoms with van der Waals surface area (Å²) in [6.07, 6.45) is 1.34. The van der Waals surface area contributed by atoms with Crippen molar-refractivity contribution in [3.05, 3.63) is 61.8 Å². The molecule has 8 nitrogen and oxygen atoms in total. The Kier molecular flexibility index (Phi) is 5.17. The third kappa shape index (κ3) is 3.02. The van der Waals surface area contributed by atoms with Gasteiger partial charge in [0.1, 0.15) is 11.4 Å². The molecular formula is C22H21ClFN3O5. The number of ether oxygens (including phenoxy) is 2. The first-order valence-electron chi connectivity index (χ1n) is 10.4. The van der Waals surface area contributed by atoms with Gasteiger partial charge in [-0.3, -0.25) is 14.4 Å². The molecule has 1 fully saturated rings. The van der Waals surface area contributed by atoms with Crippen LogP contribution in [0.15, 0.2) is 23.0 Å². The summed E-state index contributed by atoms with van der Waals surface area (Å²) in [6.45, 7) is 0.946. The third-order valence-electron chi connectivity index (χ3n) is 6.31. The molecule has 3 aliphatic rings. The minimum absolute atomic E-state index is 0.0516. The maximum Gasteiger partial charge on any atom is 0.276 e. The number of carbonyl (C=O) groups is 2. The number of benzene rings is 1. The molecule has 168 valence electrons. The van der Waals surface area contributed by atoms with Crippen molar-refractivity contribution >= 4 is 23.4 Å². The number of hydrogen-bond acceptors (Lipinski definition) is 5. The fourth-order valence-electron chi connectivity index (χ4n) is 4.91. The van der Waals surface area contributed by atoms with Crippen LogP contribution in [-0.4, -0.2) is 47.8 Å². The summed E-state index contributed by atoms with van der Waals surface area (Å²) in [4.78, 5) is 41.2. The van der Waals surface area contributed by atoms with Crippen LogP contribution in [0.3, 0.4) is 0 Å². The minimum Gasteiger partial charge on any atom is -0.491 e. The molecular weight excluding hydrogens is 441 g/mol. The number of halogens is 2. The molecule has 0 unspecified atom stereocenters. The van der Waals surface area contributed by atoms with Gasteiger partial charge in [-0.25, -0.2) is 4.39 Å². The number of fused-ring (bicyclic) bond motifs is 2. The van der Waals surface area contributed by atoms with Crippen molar-refractivity contribution in [2.75, 3.05) is 20.3 Å². The number of amides is 2. The zero-order chi connectivity index (χ0) is 22.6. The maximum atomic E-state index is 14.2. The second-order valence-electron chi connectivity index (χ2n) is 8.02. The van der Waals surface area contributed by atoms with Crippen LogP contribution in [0, 0.1) is 5.82 Å². The molecule has 0 saturated carbocycles. The Morgan fingerprint density at radius 1 is 1.38 bits per heavy atom. The second kappa shape index (κ2) is 7.90. The number of rotatable bonds is 4. The molecule has 2 amide bonds. The highest BCUT2D eigenvalue weighted by Crippen LogP contribution is 2.41. The van der Waals surface area contributed by atoms with Crippen molar-refractivity contribution in [3.63, 3.8) is 0 Å². The minimum atomic E-state index is -0.655. The van der Waals surface area contributed by atoms with E-state index in [1.54, 1.807) is 15.5 Å². The zero-order valence-electron chi connectivity index (χ0n) is 17.3. The Morgan fingerprint density at radius 2 is 2.19 bits per heavy atom. The summed E-state index contributed by atoms with van der Waals surface area (Å²) in [5.41, 5.74) is 0.0959. The Hall–Kier alpha value is -2.91. The predicted octanol–water partition coefficient (Wildman–Crippen LogP) is 2.27. The lowest BCUT2D eigenvalue weighted by molar-refractivity contribution is -0.109. The van der Waals surface area contributed by atoms with Crippen molar-refractivity contribution < 1.29 is 23.5 Å². The lowest BCUT2D eigenvalue weighted by atomic mass is 10.1. The van der Waals surface area contributed by atoms with E-state index in [0.717, 1.165) is 6.42 Å². The number of nitrogens with one attached hydrogen (secondary N) is 1. The van der Waals surface area contributed by atoms with Gasteiger partial charge < -0.3 is 24.3 Å². The van der Waals surface area contributed by atoms with Gasteiger partial charge in [0.05, 0.1) is 24.8 Å². The highest BCUT2D eigenvalue weighted by atomic mass is 35.5. The number of nitrogens with zero attached hydrogens (tertiary/aromatic N) is 2. The first-order chi connectivity index (χ1) is 15.4. The molecule has 1 saturated heterocycles. The maximum absolute atomic E-state index is 14.2. The average molecular weight is 462 g/mol. The number of hydrogen-bond donors (Lipinski definition) is 1. The van der Waals surface area contributed by atoms with Gasteiger partial charge in [-0.15, -0.1) is 0 Å². The van der Waals surface area contributed by atoms with Gasteiger partial charge in [0.15, 0.2) is 17.7 Å². The molecule has 0 bridgehead atoms. The zero-order valence-corrected chi connectivity index (χ0v) is 18.1. The van der Waals surface area contributed by atoms with Crippen LogP contribution in [0.2, 0.25) is 5.02 Å². The molecule has 32 heavy (non-hydrogen) atoms. The van der Waals surface area contributed by atoms with Gasteiger partial charge in [-0.05, 0) is 25.3 Å². The van der Waals surface area contributed by atoms with Gasteiger partial charge in [-0.1, -0.05) is 23.7 Å². The Balaban J connectivity index is 1.57. The first kappa shape index (κ1) is 21.0. The molecule has 0 aliphatic carbocycles. The normalized spacial score (nSPS) is 21.2. The molecule has 2 atom stereocenters. The van der Waals surface area contributed by atoms with E-state index in [2.05, 4.69) is 5.32 Å². The van der Waals surface area contributed by atoms with Crippen LogP contribution in [-0.2, 0) is 17.7 Å². The lowest BCUT2D eigenvalue weighted by Crippen LogP contribution is -2.55. The molecule has 10 heteroatoms. The van der Waals surface area contributed by atoms with Crippen LogP contribution in [0.5, 0.6) is 5.75 Å². The first-order valence-corrected chi connectivity index (χ1v) is 10.8. The van der Waals surface area contributed by atoms with Gasteiger partial charge in [0.25, 0.3) is 11.8 Å². The van der Waals surface area contributed by atoms with Crippen molar-refractivity contribution in [2.45, 2.75) is 38.1 Å². The Morgan fingerprint density at radius 3 is 2.97 bits per heavy atom. The van der Waals surface area contributed by atoms with Gasteiger partial charge in [-0.2, -0.15) is 0 Å². The Labute approximate surface area is 187 Å². The van der Waals surface area contributed by atoms with Crippen LogP contribution in [0.4, 0.5) is 4.39 Å². The van der Waals surface area contributed by atoms with Gasteiger partial charge in [0.2, 0.25) is 5.43 Å². The summed E-state index contributed by atoms with van der Waals surface area (Å²) >= 11 is 5.81. The van der Waals surface area contributed by atoms with Gasteiger partial charge >= 0.3 is 0 Å². The molecule has 4 heterocycles. The van der Waals surface area contributed by atoms with Crippen molar-refractivity contribution in [1.82, 2.24) is 14.8 Å². The van der Waals surface area contributed by atoms with E-state index in [1.165, 1.54) is 19.2 Å². The standard InChI is InChI=1S/C22H21ClFN3O5/c1-31-19-17-21(30)26-8-3-9-32-22(26)14-7-6-13(27(14)17)15(18(19)28)20(29)25-10-11-4-2-5-12(23)16(11)24/h2,4-5,14,22H,3,6-10H2,1H3,(H,25,29)/t14-,22+/m1/s1. The van der Waals surface area contributed by atoms with Crippen LogP contribution in [0.25, 0.3) is 0 Å². The van der Waals surface area contributed by atoms with E-state index in [4.69, 9.17) is 21.1 Å². The molecule has 3 aliphatic heterocycles. The SMILES string of the molecule is COc1c2n3c(c(C(=O)NCc4cccc(Cl)c4F)c1=O)CC[C@@H]3[C@@H]1OCCCN1C2=O. The summed E-state index contributed by atoms with van der Waals surface area (Å²) < 4.78 is 27.2. The molecule has 5 rings (SSSR count). The summed E-state index contributed by atoms with van der Waals surface area (Å²) in [5.74, 6) is -1.78. The number of aromatic nitrogens is 1. The van der Waals surface area contributed by atoms with E-state index in [1.807, 2.05) is 0 Å². The monoisotopic (exact) mass is 461 g/mol. The highest BCUT2D eigenvalue weighted by molar-refractivity contribution is 6.30. The fourth-order valence-corrected chi connectivity index (χ4v) is 5.11. The molecule has 2 aromatic rings. The number of methoxy groups -OCH3 is 1. The summed E-state index contributed by atoms with van der Waals surface area (Å²) in [6, 6.07) is 4.29. The molecule has 1 aromatic heterocycles. The van der Waals surface area contributed by atoms with Crippen LogP contribution in [0.1, 0.15) is 51.0 Å². The number of pyridine rings is 1. The van der Waals surface area contributed by atoms with Crippen molar-refractivity contribution in [2.24, 2.45) is 0 Å². The highest BCUT2D eigenvalue weighted by Gasteiger charge is 2.48. The van der Waals surface area contributed by atoms with E-state index < -0.39 is 23.4 Å². The summed E-state index contributed by atoms with van der Waals surface area (Å²) in [5, 5.41) is 2.56. The van der Waals surface area contributed by atoms with Crippen molar-refractivity contribution in [1.29, 1.82) is 0 Å². The van der Waals surface area contributed by atoms with Crippen molar-refractivity contribution in [3.8, 4) is 5.75 Å². The topological polar surface area (TPSA) is 89.9 Å². The van der Waals surface area contributed by atoms with E-state index in [-0.39, 0.29) is 46.1 Å². The molecule has 0 radical (unpaired) electrons. The quantitative estimate of drug-likeness (QED) is 0.754. The largest absolute Gasteiger partial charge is 0.491 e.